The monoisotopic (exact) mass is 612 g/mol. The van der Waals surface area contributed by atoms with Gasteiger partial charge in [0.2, 0.25) is 0 Å². The van der Waals surface area contributed by atoms with Gasteiger partial charge in [-0.2, -0.15) is 4.72 Å². The minimum Gasteiger partial charge on any atom is -0.424 e. The summed E-state index contributed by atoms with van der Waals surface area (Å²) < 4.78 is 46.0. The van der Waals surface area contributed by atoms with E-state index >= 15 is 0 Å². The molecule has 4 rings (SSSR count). The first-order valence-electron chi connectivity index (χ1n) is 9.44. The van der Waals surface area contributed by atoms with Gasteiger partial charge in [-0.05, 0) is 65.2 Å². The van der Waals surface area contributed by atoms with Crippen molar-refractivity contribution in [3.05, 3.63) is 56.5 Å². The predicted octanol–water partition coefficient (Wildman–Crippen LogP) is 5.36. The Morgan fingerprint density at radius 3 is 2.58 bits per heavy atom. The molecule has 1 atom stereocenters. The Morgan fingerprint density at radius 1 is 1.21 bits per heavy atom. The van der Waals surface area contributed by atoms with Crippen molar-refractivity contribution in [1.29, 1.82) is 0 Å². The SMILES string of the molecule is O=C(NC1CC1)c1cc(OP(=O)(O)CNS(=O)(=O)c2cc3c(Cl)ccc(Cl)c3s2)ccc1Br. The summed E-state index contributed by atoms with van der Waals surface area (Å²) in [7, 11) is -8.60. The molecule has 3 N–H and O–H groups in total. The van der Waals surface area contributed by atoms with E-state index in [0.29, 0.717) is 24.6 Å². The number of hydrogen-bond donors (Lipinski definition) is 3. The van der Waals surface area contributed by atoms with Crippen LogP contribution >= 0.6 is 58.1 Å². The number of sulfonamides is 1. The number of thiophene rings is 1. The number of carbonyl (C=O) groups is 1. The van der Waals surface area contributed by atoms with E-state index in [1.54, 1.807) is 12.1 Å². The summed E-state index contributed by atoms with van der Waals surface area (Å²) in [5.74, 6) is -0.394. The fourth-order valence-electron chi connectivity index (χ4n) is 2.83. The maximum Gasteiger partial charge on any atom is 0.391 e. The Hall–Kier alpha value is -1.17. The molecule has 1 unspecified atom stereocenters. The molecule has 1 aliphatic rings. The van der Waals surface area contributed by atoms with Gasteiger partial charge in [-0.25, -0.2) is 13.0 Å². The average molecular weight is 614 g/mol. The molecule has 0 saturated heterocycles. The Labute approximate surface area is 211 Å². The van der Waals surface area contributed by atoms with E-state index < -0.39 is 23.9 Å². The van der Waals surface area contributed by atoms with Gasteiger partial charge in [-0.3, -0.25) is 4.79 Å². The molecule has 0 aliphatic heterocycles. The molecule has 0 radical (unpaired) electrons. The van der Waals surface area contributed by atoms with E-state index in [9.17, 15) is 22.7 Å². The van der Waals surface area contributed by atoms with Crippen LogP contribution in [0.2, 0.25) is 10.0 Å². The quantitative estimate of drug-likeness (QED) is 0.294. The van der Waals surface area contributed by atoms with Crippen molar-refractivity contribution in [1.82, 2.24) is 10.0 Å². The maximum atomic E-state index is 12.7. The molecule has 1 saturated carbocycles. The summed E-state index contributed by atoms with van der Waals surface area (Å²) in [5.41, 5.74) is 0.235. The molecule has 1 amide bonds. The highest BCUT2D eigenvalue weighted by Crippen LogP contribution is 2.43. The molecule has 1 aromatic heterocycles. The van der Waals surface area contributed by atoms with Gasteiger partial charge in [-0.1, -0.05) is 23.2 Å². The lowest BCUT2D eigenvalue weighted by Crippen LogP contribution is -2.26. The summed E-state index contributed by atoms with van der Waals surface area (Å²) in [6.45, 7) is 0. The van der Waals surface area contributed by atoms with Gasteiger partial charge in [0.05, 0.1) is 15.3 Å². The zero-order chi connectivity index (χ0) is 24.0. The first-order valence-corrected chi connectivity index (χ1v) is 15.1. The zero-order valence-corrected chi connectivity index (χ0v) is 22.2. The summed E-state index contributed by atoms with van der Waals surface area (Å²) >= 11 is 16.4. The molecule has 0 spiro atoms. The van der Waals surface area contributed by atoms with Crippen molar-refractivity contribution < 1.29 is 27.2 Å². The fourth-order valence-corrected chi connectivity index (χ4v) is 7.75. The van der Waals surface area contributed by atoms with Crippen molar-refractivity contribution in [3.63, 3.8) is 0 Å². The molecule has 33 heavy (non-hydrogen) atoms. The van der Waals surface area contributed by atoms with Crippen LogP contribution in [0.1, 0.15) is 23.2 Å². The Morgan fingerprint density at radius 2 is 1.91 bits per heavy atom. The van der Waals surface area contributed by atoms with Gasteiger partial charge in [0.25, 0.3) is 15.9 Å². The van der Waals surface area contributed by atoms with E-state index in [0.717, 1.165) is 24.2 Å². The minimum atomic E-state index is -4.45. The van der Waals surface area contributed by atoms with Crippen molar-refractivity contribution in [2.75, 3.05) is 6.29 Å². The summed E-state index contributed by atoms with van der Waals surface area (Å²) in [4.78, 5) is 22.5. The molecule has 14 heteroatoms. The number of amides is 1. The smallest absolute Gasteiger partial charge is 0.391 e. The first-order chi connectivity index (χ1) is 15.4. The molecular formula is C19H16BrCl2N2O6PS2. The molecular weight excluding hydrogens is 598 g/mol. The van der Waals surface area contributed by atoms with E-state index in [1.165, 1.54) is 24.3 Å². The molecule has 176 valence electrons. The van der Waals surface area contributed by atoms with E-state index in [4.69, 9.17) is 27.7 Å². The average Bonchev–Trinajstić information content (AvgIpc) is 3.42. The number of hydrogen-bond acceptors (Lipinski definition) is 6. The zero-order valence-electron chi connectivity index (χ0n) is 16.5. The third-order valence-corrected chi connectivity index (χ3v) is 10.4. The van der Waals surface area contributed by atoms with Crippen LogP contribution in [-0.4, -0.2) is 31.5 Å². The van der Waals surface area contributed by atoms with E-state index in [1.807, 2.05) is 0 Å². The van der Waals surface area contributed by atoms with Gasteiger partial charge < -0.3 is 14.7 Å². The molecule has 8 nitrogen and oxygen atoms in total. The van der Waals surface area contributed by atoms with Crippen LogP contribution in [0.3, 0.4) is 0 Å². The van der Waals surface area contributed by atoms with Crippen LogP contribution in [0.25, 0.3) is 10.1 Å². The highest BCUT2D eigenvalue weighted by Gasteiger charge is 2.28. The number of carbonyl (C=O) groups excluding carboxylic acids is 1. The van der Waals surface area contributed by atoms with Crippen LogP contribution < -0.4 is 14.6 Å². The second-order valence-corrected chi connectivity index (χ2v) is 13.7. The summed E-state index contributed by atoms with van der Waals surface area (Å²) in [5, 5.41) is 3.96. The maximum absolute atomic E-state index is 12.7. The molecule has 1 fully saturated rings. The Kier molecular flexibility index (Phi) is 7.15. The number of fused-ring (bicyclic) bond motifs is 1. The van der Waals surface area contributed by atoms with Crippen LogP contribution in [0.5, 0.6) is 5.75 Å². The highest BCUT2D eigenvalue weighted by atomic mass is 79.9. The molecule has 3 aromatic rings. The normalized spacial score (nSPS) is 15.9. The second-order valence-electron chi connectivity index (χ2n) is 7.26. The number of nitrogens with one attached hydrogen (secondary N) is 2. The number of halogens is 3. The van der Waals surface area contributed by atoms with Crippen LogP contribution in [-0.2, 0) is 14.6 Å². The van der Waals surface area contributed by atoms with Gasteiger partial charge in [0, 0.05) is 20.9 Å². The van der Waals surface area contributed by atoms with Crippen molar-refractivity contribution in [3.8, 4) is 5.75 Å². The van der Waals surface area contributed by atoms with E-state index in [2.05, 4.69) is 26.0 Å². The standard InChI is InChI=1S/C19H16BrCl2N2O6PS2/c20-14-4-3-11(7-12(14)19(25)24-10-1-2-10)30-31(26,27)9-23-33(28,29)17-8-13-15(21)5-6-16(22)18(13)32-17/h3-8,10,23H,1-2,9H2,(H,24,25)(H,26,27). The Balaban J connectivity index is 1.48. The Bertz CT molecular complexity index is 1370. The van der Waals surface area contributed by atoms with Crippen molar-refractivity contribution >= 4 is 84.1 Å². The van der Waals surface area contributed by atoms with Gasteiger partial charge in [0.15, 0.2) is 0 Å². The van der Waals surface area contributed by atoms with Crippen molar-refractivity contribution in [2.24, 2.45) is 0 Å². The van der Waals surface area contributed by atoms with Gasteiger partial charge in [0.1, 0.15) is 16.2 Å². The minimum absolute atomic E-state index is 0.0513. The lowest BCUT2D eigenvalue weighted by molar-refractivity contribution is 0.0950. The number of rotatable bonds is 8. The largest absolute Gasteiger partial charge is 0.424 e. The molecule has 1 heterocycles. The second kappa shape index (κ2) is 9.47. The lowest BCUT2D eigenvalue weighted by Gasteiger charge is -2.15. The predicted molar refractivity (Wildman–Crippen MR) is 132 cm³/mol. The highest BCUT2D eigenvalue weighted by molar-refractivity contribution is 9.10. The summed E-state index contributed by atoms with van der Waals surface area (Å²) in [6, 6.07) is 8.80. The molecule has 0 bridgehead atoms. The third-order valence-electron chi connectivity index (χ3n) is 4.62. The first kappa shape index (κ1) is 24.9. The number of benzene rings is 2. The molecule has 1 aliphatic carbocycles. The van der Waals surface area contributed by atoms with Crippen LogP contribution in [0.15, 0.2) is 45.1 Å². The van der Waals surface area contributed by atoms with E-state index in [-0.39, 0.29) is 27.5 Å². The van der Waals surface area contributed by atoms with Gasteiger partial charge in [-0.15, -0.1) is 11.3 Å². The summed E-state index contributed by atoms with van der Waals surface area (Å²) in [6.07, 6.45) is 0.929. The van der Waals surface area contributed by atoms with Crippen LogP contribution in [0, 0.1) is 0 Å². The fraction of sp³-hybridized carbons (Fsp3) is 0.211. The van der Waals surface area contributed by atoms with Gasteiger partial charge >= 0.3 is 7.60 Å². The third kappa shape index (κ3) is 5.91. The van der Waals surface area contributed by atoms with Crippen molar-refractivity contribution in [2.45, 2.75) is 23.1 Å². The lowest BCUT2D eigenvalue weighted by atomic mass is 10.2. The molecule has 2 aromatic carbocycles. The topological polar surface area (TPSA) is 122 Å². The van der Waals surface area contributed by atoms with Crippen LogP contribution in [0.4, 0.5) is 0 Å².